The average Bonchev–Trinajstić information content (AvgIpc) is 3.22. The molecule has 60 heavy (non-hydrogen) atoms. The summed E-state index contributed by atoms with van der Waals surface area (Å²) >= 11 is 0. The van der Waals surface area contributed by atoms with Gasteiger partial charge in [-0.2, -0.15) is 4.57 Å². The van der Waals surface area contributed by atoms with Gasteiger partial charge in [0.1, 0.15) is 0 Å². The van der Waals surface area contributed by atoms with Crippen molar-refractivity contribution in [1.82, 2.24) is 0 Å². The molecule has 0 saturated heterocycles. The summed E-state index contributed by atoms with van der Waals surface area (Å²) < 4.78 is 2.64. The molecule has 7 rings (SSSR count). The van der Waals surface area contributed by atoms with E-state index in [1.165, 1.54) is 49.6 Å². The van der Waals surface area contributed by atoms with Crippen molar-refractivity contribution in [2.75, 3.05) is 22.6 Å². The minimum Gasteiger partial charge on any atom is -0.359 e. The van der Waals surface area contributed by atoms with E-state index in [0.29, 0.717) is 11.8 Å². The van der Waals surface area contributed by atoms with Crippen LogP contribution < -0.4 is 25.3 Å². The lowest BCUT2D eigenvalue weighted by atomic mass is 9.76. The summed E-state index contributed by atoms with van der Waals surface area (Å²) in [7, 11) is 0.541. The topological polar surface area (TPSA) is 31.2 Å². The molecule has 4 nitrogen and oxygen atoms in total. The van der Waals surface area contributed by atoms with Crippen molar-refractivity contribution in [1.29, 1.82) is 0 Å². The van der Waals surface area contributed by atoms with Crippen LogP contribution in [0.15, 0.2) is 164 Å². The zero-order chi connectivity index (χ0) is 42.7. The van der Waals surface area contributed by atoms with Crippen molar-refractivity contribution in [3.63, 3.8) is 0 Å². The van der Waals surface area contributed by atoms with E-state index >= 15 is 0 Å². The predicted octanol–water partition coefficient (Wildman–Crippen LogP) is 14.4. The van der Waals surface area contributed by atoms with Gasteiger partial charge in [0, 0.05) is 47.0 Å². The first kappa shape index (κ1) is 42.5. The third-order valence-electron chi connectivity index (χ3n) is 12.4. The first-order valence-electron chi connectivity index (χ1n) is 21.9. The number of anilines is 4. The Labute approximate surface area is 361 Å². The normalized spacial score (nSPS) is 15.2. The number of aromatic nitrogens is 1. The standard InChI is InChI=1S/C55H65N4Si/c1-37(2)45-24-19-25-46(38(3)4)55(45)57-50-26-17-18-27-51(50)58(8)41(7)35-53-48(31-28-39(5)34-40(6)56-43-21-13-12-14-22-43)49-32-29-42-20-15-16-23-47(42)54(49)52-33-30-44(36-59(52)53)60(9,10)11/h12-27,29-30,32-34,36-38,48,53,56-57H,5,7,28,31,35H2,1-4,6,8-11H3/q+1/b40-34+. The number of allylic oxidation sites excluding steroid dienone is 4. The summed E-state index contributed by atoms with van der Waals surface area (Å²) in [5, 5.41) is 11.6. The number of para-hydroxylation sites is 4. The summed E-state index contributed by atoms with van der Waals surface area (Å²) in [5.74, 6) is 1.02. The Hall–Kier alpha value is -5.65. The summed E-state index contributed by atoms with van der Waals surface area (Å²) in [5.41, 5.74) is 14.6. The second-order valence-electron chi connectivity index (χ2n) is 18.5. The number of hydrogen-bond acceptors (Lipinski definition) is 3. The van der Waals surface area contributed by atoms with Gasteiger partial charge in [-0.25, -0.2) is 0 Å². The number of nitrogens with one attached hydrogen (secondary N) is 2. The van der Waals surface area contributed by atoms with Crippen molar-refractivity contribution >= 4 is 46.8 Å². The van der Waals surface area contributed by atoms with Crippen LogP contribution in [0.25, 0.3) is 22.0 Å². The van der Waals surface area contributed by atoms with E-state index < -0.39 is 8.07 Å². The highest BCUT2D eigenvalue weighted by Gasteiger charge is 2.42. The number of pyridine rings is 1. The molecule has 0 amide bonds. The first-order chi connectivity index (χ1) is 28.7. The average molecular weight is 810 g/mol. The van der Waals surface area contributed by atoms with Gasteiger partial charge in [-0.15, -0.1) is 0 Å². The number of nitrogens with zero attached hydrogens (tertiary/aromatic N) is 2. The zero-order valence-electron chi connectivity index (χ0n) is 37.4. The minimum absolute atomic E-state index is 0.148. The molecule has 0 saturated carbocycles. The van der Waals surface area contributed by atoms with Gasteiger partial charge < -0.3 is 15.5 Å². The molecule has 2 heterocycles. The first-order valence-corrected chi connectivity index (χ1v) is 25.4. The van der Waals surface area contributed by atoms with Gasteiger partial charge >= 0.3 is 0 Å². The fourth-order valence-electron chi connectivity index (χ4n) is 9.08. The van der Waals surface area contributed by atoms with Gasteiger partial charge in [0.15, 0.2) is 12.2 Å². The largest absolute Gasteiger partial charge is 0.359 e. The van der Waals surface area contributed by atoms with Crippen LogP contribution in [0.4, 0.5) is 22.7 Å². The Balaban J connectivity index is 1.28. The van der Waals surface area contributed by atoms with E-state index in [2.05, 4.69) is 216 Å². The van der Waals surface area contributed by atoms with E-state index in [0.717, 1.165) is 53.3 Å². The molecule has 0 fully saturated rings. The second kappa shape index (κ2) is 17.9. The molecule has 308 valence electrons. The molecular weight excluding hydrogens is 745 g/mol. The lowest BCUT2D eigenvalue weighted by Gasteiger charge is -2.34. The Morgan fingerprint density at radius 3 is 2.15 bits per heavy atom. The van der Waals surface area contributed by atoms with Gasteiger partial charge in [0.25, 0.3) is 0 Å². The van der Waals surface area contributed by atoms with Crippen molar-refractivity contribution in [2.45, 2.75) is 97.3 Å². The maximum Gasteiger partial charge on any atom is 0.213 e. The van der Waals surface area contributed by atoms with Gasteiger partial charge in [-0.05, 0) is 89.4 Å². The Morgan fingerprint density at radius 2 is 1.45 bits per heavy atom. The number of rotatable bonds is 15. The van der Waals surface area contributed by atoms with Crippen molar-refractivity contribution < 1.29 is 4.57 Å². The molecule has 2 unspecified atom stereocenters. The lowest BCUT2D eigenvalue weighted by Crippen LogP contribution is -2.53. The highest BCUT2D eigenvalue weighted by Crippen LogP contribution is 2.47. The Morgan fingerprint density at radius 1 is 0.783 bits per heavy atom. The third kappa shape index (κ3) is 9.07. The summed E-state index contributed by atoms with van der Waals surface area (Å²) in [6.07, 6.45) is 7.37. The number of hydrogen-bond donors (Lipinski definition) is 2. The predicted molar refractivity (Wildman–Crippen MR) is 263 cm³/mol. The molecule has 5 heteroatoms. The van der Waals surface area contributed by atoms with Crippen LogP contribution in [0.1, 0.15) is 94.4 Å². The Kier molecular flexibility index (Phi) is 12.7. The van der Waals surface area contributed by atoms with Crippen LogP contribution in [0.2, 0.25) is 19.6 Å². The molecule has 5 aromatic carbocycles. The monoisotopic (exact) mass is 809 g/mol. The molecule has 0 radical (unpaired) electrons. The SMILES string of the molecule is C=C(/C=C(\C)Nc1ccccc1)CCC1c2ccc3ccccc3c2-c2ccc([Si](C)(C)C)c[n+]2C1CC(=C)N(C)c1ccccc1Nc1c(C(C)C)cccc1C(C)C. The molecule has 0 aliphatic carbocycles. The molecule has 1 aromatic heterocycles. The van der Waals surface area contributed by atoms with E-state index in [1.807, 2.05) is 6.07 Å². The van der Waals surface area contributed by atoms with E-state index in [-0.39, 0.29) is 12.0 Å². The van der Waals surface area contributed by atoms with Gasteiger partial charge in [-0.3, -0.25) is 0 Å². The summed E-state index contributed by atoms with van der Waals surface area (Å²) in [6.45, 7) is 28.1. The third-order valence-corrected chi connectivity index (χ3v) is 14.4. The molecule has 2 N–H and O–H groups in total. The van der Waals surface area contributed by atoms with E-state index in [4.69, 9.17) is 6.58 Å². The summed E-state index contributed by atoms with van der Waals surface area (Å²) in [4.78, 5) is 2.32. The van der Waals surface area contributed by atoms with Gasteiger partial charge in [0.2, 0.25) is 5.69 Å². The van der Waals surface area contributed by atoms with Crippen LogP contribution in [0.3, 0.4) is 0 Å². The van der Waals surface area contributed by atoms with Crippen molar-refractivity contribution in [3.05, 3.63) is 180 Å². The zero-order valence-corrected chi connectivity index (χ0v) is 38.4. The highest BCUT2D eigenvalue weighted by atomic mass is 28.3. The number of fused-ring (bicyclic) bond motifs is 5. The maximum atomic E-state index is 4.88. The molecule has 0 bridgehead atoms. The van der Waals surface area contributed by atoms with Crippen LogP contribution in [-0.2, 0) is 0 Å². The van der Waals surface area contributed by atoms with Gasteiger partial charge in [0.05, 0.1) is 31.4 Å². The molecule has 6 aromatic rings. The molecular formula is C55H65N4Si+. The minimum atomic E-state index is -1.65. The maximum absolute atomic E-state index is 4.88. The summed E-state index contributed by atoms with van der Waals surface area (Å²) in [6, 6.07) is 44.4. The quantitative estimate of drug-likeness (QED) is 0.0615. The van der Waals surface area contributed by atoms with Crippen molar-refractivity contribution in [2.24, 2.45) is 0 Å². The fourth-order valence-corrected chi connectivity index (χ4v) is 10.2. The van der Waals surface area contributed by atoms with E-state index in [1.54, 1.807) is 0 Å². The van der Waals surface area contributed by atoms with Crippen LogP contribution in [-0.4, -0.2) is 15.1 Å². The smallest absolute Gasteiger partial charge is 0.213 e. The molecule has 1 aliphatic rings. The van der Waals surface area contributed by atoms with Crippen LogP contribution >= 0.6 is 0 Å². The molecule has 0 spiro atoms. The van der Waals surface area contributed by atoms with Gasteiger partial charge in [-0.1, -0.05) is 157 Å². The molecule has 1 aliphatic heterocycles. The second-order valence-corrected chi connectivity index (χ2v) is 23.6. The lowest BCUT2D eigenvalue weighted by molar-refractivity contribution is -0.717. The van der Waals surface area contributed by atoms with Crippen LogP contribution in [0, 0.1) is 0 Å². The highest BCUT2D eigenvalue weighted by molar-refractivity contribution is 6.88. The number of benzene rings is 5. The van der Waals surface area contributed by atoms with Crippen molar-refractivity contribution in [3.8, 4) is 11.3 Å². The Bertz CT molecular complexity index is 2510. The van der Waals surface area contributed by atoms with E-state index in [9.17, 15) is 0 Å². The van der Waals surface area contributed by atoms with Crippen LogP contribution in [0.5, 0.6) is 0 Å². The fraction of sp³-hybridized carbons (Fsp3) is 0.291. The molecule has 2 atom stereocenters.